The maximum atomic E-state index is 12.2. The number of nitrogens with zero attached hydrogens (tertiary/aromatic N) is 2. The highest BCUT2D eigenvalue weighted by Gasteiger charge is 2.06. The molecule has 0 saturated heterocycles. The van der Waals surface area contributed by atoms with Crippen molar-refractivity contribution in [2.24, 2.45) is 0 Å². The summed E-state index contributed by atoms with van der Waals surface area (Å²) in [5.41, 5.74) is 1.28. The molecule has 0 aliphatic rings. The van der Waals surface area contributed by atoms with Crippen molar-refractivity contribution < 1.29 is 19.0 Å². The van der Waals surface area contributed by atoms with Crippen molar-refractivity contribution >= 4 is 0 Å². The molecule has 20 heavy (non-hydrogen) atoms. The molecule has 0 atom stereocenters. The first kappa shape index (κ1) is 14.3. The number of phenols is 2. The lowest BCUT2D eigenvalue weighted by atomic mass is 10.2. The van der Waals surface area contributed by atoms with Crippen LogP contribution in [0.3, 0.4) is 0 Å². The summed E-state index contributed by atoms with van der Waals surface area (Å²) in [6.07, 6.45) is -0.925. The fraction of sp³-hybridized carbons (Fsp3) is 0.308. The van der Waals surface area contributed by atoms with Crippen LogP contribution in [0, 0.1) is 0 Å². The summed E-state index contributed by atoms with van der Waals surface area (Å²) in [5, 5.41) is 25.8. The maximum absolute atomic E-state index is 12.2. The third-order valence-electron chi connectivity index (χ3n) is 2.71. The third-order valence-corrected chi connectivity index (χ3v) is 2.71. The first-order chi connectivity index (χ1) is 9.54. The molecule has 1 aromatic carbocycles. The van der Waals surface area contributed by atoms with Gasteiger partial charge in [0, 0.05) is 30.9 Å². The molecule has 108 valence electrons. The van der Waals surface area contributed by atoms with Crippen molar-refractivity contribution in [3.8, 4) is 11.5 Å². The predicted octanol–water partition coefficient (Wildman–Crippen LogP) is 1.85. The molecular weight excluding hydrogens is 268 g/mol. The Morgan fingerprint density at radius 1 is 1.20 bits per heavy atom. The van der Waals surface area contributed by atoms with Crippen LogP contribution >= 0.6 is 0 Å². The van der Waals surface area contributed by atoms with E-state index in [2.05, 4.69) is 10.4 Å². The summed E-state index contributed by atoms with van der Waals surface area (Å²) in [4.78, 5) is 0. The molecule has 0 aliphatic carbocycles. The number of halogens is 2. The Hall–Kier alpha value is -2.15. The van der Waals surface area contributed by atoms with Crippen molar-refractivity contribution in [1.29, 1.82) is 0 Å². The molecule has 3 N–H and O–H groups in total. The van der Waals surface area contributed by atoms with Crippen molar-refractivity contribution in [2.75, 3.05) is 0 Å². The molecule has 1 aromatic heterocycles. The van der Waals surface area contributed by atoms with Gasteiger partial charge in [0.05, 0.1) is 5.69 Å². The Morgan fingerprint density at radius 3 is 2.70 bits per heavy atom. The minimum absolute atomic E-state index is 0.000676. The Balaban J connectivity index is 1.85. The van der Waals surface area contributed by atoms with Crippen molar-refractivity contribution in [3.63, 3.8) is 0 Å². The first-order valence-electron chi connectivity index (χ1n) is 6.06. The van der Waals surface area contributed by atoms with Crippen LogP contribution < -0.4 is 5.32 Å². The predicted molar refractivity (Wildman–Crippen MR) is 68.5 cm³/mol. The normalized spacial score (nSPS) is 11.2. The lowest BCUT2D eigenvalue weighted by Gasteiger charge is -2.06. The van der Waals surface area contributed by atoms with Crippen molar-refractivity contribution in [3.05, 3.63) is 41.7 Å². The number of aromatic nitrogens is 2. The molecule has 0 bridgehead atoms. The molecule has 7 heteroatoms. The zero-order valence-corrected chi connectivity index (χ0v) is 10.6. The molecule has 0 aliphatic heterocycles. The van der Waals surface area contributed by atoms with Crippen LogP contribution in [-0.2, 0) is 19.6 Å². The standard InChI is InChI=1S/C13H15F2N3O2/c14-13(15)8-18-4-3-10(17-18)7-16-6-9-1-2-11(19)5-12(9)20/h1-5,13,16,19-20H,6-8H2. The van der Waals surface area contributed by atoms with Crippen LogP contribution in [0.25, 0.3) is 0 Å². The Kier molecular flexibility index (Phi) is 4.52. The van der Waals surface area contributed by atoms with E-state index in [1.165, 1.54) is 23.0 Å². The minimum Gasteiger partial charge on any atom is -0.508 e. The average molecular weight is 283 g/mol. The number of hydrogen-bond acceptors (Lipinski definition) is 4. The highest BCUT2D eigenvalue weighted by molar-refractivity contribution is 5.38. The van der Waals surface area contributed by atoms with E-state index in [9.17, 15) is 13.9 Å². The van der Waals surface area contributed by atoms with E-state index in [1.807, 2.05) is 0 Å². The second kappa shape index (κ2) is 6.33. The maximum Gasteiger partial charge on any atom is 0.257 e. The Morgan fingerprint density at radius 2 is 2.00 bits per heavy atom. The van der Waals surface area contributed by atoms with Crippen molar-refractivity contribution in [1.82, 2.24) is 15.1 Å². The molecule has 0 saturated carbocycles. The Bertz CT molecular complexity index is 572. The third kappa shape index (κ3) is 3.92. The topological polar surface area (TPSA) is 70.3 Å². The Labute approximate surface area is 114 Å². The fourth-order valence-electron chi connectivity index (χ4n) is 1.77. The van der Waals surface area contributed by atoms with Gasteiger partial charge < -0.3 is 15.5 Å². The van der Waals surface area contributed by atoms with Crippen LogP contribution in [0.5, 0.6) is 11.5 Å². The van der Waals surface area contributed by atoms with Crippen LogP contribution in [0.4, 0.5) is 8.78 Å². The summed E-state index contributed by atoms with van der Waals surface area (Å²) in [5.74, 6) is -0.00211. The van der Waals surface area contributed by atoms with Crippen LogP contribution in [0.1, 0.15) is 11.3 Å². The highest BCUT2D eigenvalue weighted by Crippen LogP contribution is 2.22. The molecule has 5 nitrogen and oxygen atoms in total. The molecule has 0 spiro atoms. The largest absolute Gasteiger partial charge is 0.508 e. The minimum atomic E-state index is -2.43. The van der Waals surface area contributed by atoms with Gasteiger partial charge in [0.15, 0.2) is 0 Å². The summed E-state index contributed by atoms with van der Waals surface area (Å²) < 4.78 is 25.5. The number of phenolic OH excluding ortho intramolecular Hbond substituents is 2. The summed E-state index contributed by atoms with van der Waals surface area (Å²) in [6, 6.07) is 6.00. The van der Waals surface area contributed by atoms with Gasteiger partial charge in [-0.1, -0.05) is 6.07 Å². The van der Waals surface area contributed by atoms with E-state index < -0.39 is 13.0 Å². The van der Waals surface area contributed by atoms with Crippen molar-refractivity contribution in [2.45, 2.75) is 26.1 Å². The lowest BCUT2D eigenvalue weighted by molar-refractivity contribution is 0.121. The molecule has 0 radical (unpaired) electrons. The van der Waals surface area contributed by atoms with E-state index in [4.69, 9.17) is 5.11 Å². The zero-order chi connectivity index (χ0) is 14.5. The monoisotopic (exact) mass is 283 g/mol. The molecule has 2 aromatic rings. The van der Waals surface area contributed by atoms with Crippen LogP contribution in [-0.4, -0.2) is 26.4 Å². The fourth-order valence-corrected chi connectivity index (χ4v) is 1.77. The smallest absolute Gasteiger partial charge is 0.257 e. The van der Waals surface area contributed by atoms with Gasteiger partial charge in [-0.3, -0.25) is 4.68 Å². The quantitative estimate of drug-likeness (QED) is 0.756. The lowest BCUT2D eigenvalue weighted by Crippen LogP contribution is -2.14. The second-order valence-electron chi connectivity index (χ2n) is 4.34. The van der Waals surface area contributed by atoms with Gasteiger partial charge in [0.1, 0.15) is 18.0 Å². The number of hydrogen-bond donors (Lipinski definition) is 3. The van der Waals surface area contributed by atoms with Crippen LogP contribution in [0.2, 0.25) is 0 Å². The van der Waals surface area contributed by atoms with Gasteiger partial charge in [-0.05, 0) is 12.1 Å². The summed E-state index contributed by atoms with van der Waals surface area (Å²) >= 11 is 0. The molecular formula is C13H15F2N3O2. The van der Waals surface area contributed by atoms with Gasteiger partial charge in [0.25, 0.3) is 6.43 Å². The number of alkyl halides is 2. The van der Waals surface area contributed by atoms with E-state index in [0.717, 1.165) is 0 Å². The molecule has 0 fully saturated rings. The van der Waals surface area contributed by atoms with E-state index in [0.29, 0.717) is 24.3 Å². The van der Waals surface area contributed by atoms with Gasteiger partial charge in [0.2, 0.25) is 0 Å². The molecule has 1 heterocycles. The summed E-state index contributed by atoms with van der Waals surface area (Å²) in [6.45, 7) is 0.364. The van der Waals surface area contributed by atoms with Gasteiger partial charge >= 0.3 is 0 Å². The molecule has 0 unspecified atom stereocenters. The van der Waals surface area contributed by atoms with Gasteiger partial charge in [-0.25, -0.2) is 8.78 Å². The van der Waals surface area contributed by atoms with E-state index in [1.54, 1.807) is 12.1 Å². The zero-order valence-electron chi connectivity index (χ0n) is 10.6. The van der Waals surface area contributed by atoms with Gasteiger partial charge in [-0.2, -0.15) is 5.10 Å². The first-order valence-corrected chi connectivity index (χ1v) is 6.06. The number of rotatable bonds is 6. The van der Waals surface area contributed by atoms with Gasteiger partial charge in [-0.15, -0.1) is 0 Å². The number of aromatic hydroxyl groups is 2. The van der Waals surface area contributed by atoms with Crippen LogP contribution in [0.15, 0.2) is 30.5 Å². The number of nitrogens with one attached hydrogen (secondary N) is 1. The summed E-state index contributed by atoms with van der Waals surface area (Å²) in [7, 11) is 0. The average Bonchev–Trinajstić information content (AvgIpc) is 2.79. The molecule has 2 rings (SSSR count). The molecule has 0 amide bonds. The number of benzene rings is 1. The highest BCUT2D eigenvalue weighted by atomic mass is 19.3. The van der Waals surface area contributed by atoms with E-state index >= 15 is 0 Å². The second-order valence-corrected chi connectivity index (χ2v) is 4.34. The SMILES string of the molecule is Oc1ccc(CNCc2ccn(CC(F)F)n2)c(O)c1. The van der Waals surface area contributed by atoms with E-state index in [-0.39, 0.29) is 11.5 Å².